The van der Waals surface area contributed by atoms with Crippen LogP contribution in [0.3, 0.4) is 0 Å². The maximum absolute atomic E-state index is 10.5. The Hall–Kier alpha value is -1.89. The molecule has 6 nitrogen and oxygen atoms in total. The molecule has 1 aromatic rings. The third-order valence-corrected chi connectivity index (χ3v) is 1.57. The number of benzene rings is 1. The van der Waals surface area contributed by atoms with Crippen LogP contribution >= 0.6 is 12.2 Å². The molecule has 1 aromatic carbocycles. The summed E-state index contributed by atoms with van der Waals surface area (Å²) in [4.78, 5) is 9.89. The Bertz CT molecular complexity index is 394. The third-order valence-electron chi connectivity index (χ3n) is 1.47. The van der Waals surface area contributed by atoms with Gasteiger partial charge in [0.15, 0.2) is 10.8 Å². The summed E-state index contributed by atoms with van der Waals surface area (Å²) in [5.74, 6) is -0.271. The number of nitrogens with one attached hydrogen (secondary N) is 1. The van der Waals surface area contributed by atoms with Gasteiger partial charge < -0.3 is 16.2 Å². The van der Waals surface area contributed by atoms with Crippen molar-refractivity contribution < 1.29 is 10.0 Å². The van der Waals surface area contributed by atoms with E-state index in [0.717, 1.165) is 0 Å². The van der Waals surface area contributed by atoms with E-state index in [-0.39, 0.29) is 22.2 Å². The molecule has 4 N–H and O–H groups in total. The largest absolute Gasteiger partial charge is 0.505 e. The second-order valence-electron chi connectivity index (χ2n) is 2.42. The quantitative estimate of drug-likeness (QED) is 0.292. The van der Waals surface area contributed by atoms with E-state index in [4.69, 9.17) is 5.73 Å². The lowest BCUT2D eigenvalue weighted by molar-refractivity contribution is -0.384. The number of nitro benzene ring substituents is 1. The monoisotopic (exact) mass is 213 g/mol. The van der Waals surface area contributed by atoms with Crippen molar-refractivity contribution >= 4 is 28.7 Å². The van der Waals surface area contributed by atoms with E-state index in [2.05, 4.69) is 17.5 Å². The molecule has 0 aliphatic carbocycles. The van der Waals surface area contributed by atoms with E-state index in [0.29, 0.717) is 0 Å². The Balaban J connectivity index is 3.22. The smallest absolute Gasteiger partial charge is 0.296 e. The summed E-state index contributed by atoms with van der Waals surface area (Å²) in [5, 5.41) is 22.0. The third kappa shape index (κ3) is 2.07. The second-order valence-corrected chi connectivity index (χ2v) is 2.86. The average Bonchev–Trinajstić information content (AvgIpc) is 2.07. The molecule has 14 heavy (non-hydrogen) atoms. The number of nitro groups is 1. The van der Waals surface area contributed by atoms with Crippen LogP contribution < -0.4 is 11.1 Å². The van der Waals surface area contributed by atoms with Gasteiger partial charge in [0.1, 0.15) is 5.75 Å². The SMILES string of the molecule is NC(=S)Nc1c(O)cccc1[N+](=O)[O-]. The number of aromatic hydroxyl groups is 1. The first-order valence-electron chi connectivity index (χ1n) is 3.55. The van der Waals surface area contributed by atoms with E-state index in [9.17, 15) is 15.2 Å². The number of phenolic OH excluding ortho intramolecular Hbond substituents is 1. The number of hydrogen-bond donors (Lipinski definition) is 3. The van der Waals surface area contributed by atoms with Crippen molar-refractivity contribution in [3.05, 3.63) is 28.3 Å². The highest BCUT2D eigenvalue weighted by Crippen LogP contribution is 2.32. The lowest BCUT2D eigenvalue weighted by atomic mass is 10.2. The van der Waals surface area contributed by atoms with Gasteiger partial charge in [-0.2, -0.15) is 0 Å². The van der Waals surface area contributed by atoms with Crippen LogP contribution in [0.4, 0.5) is 11.4 Å². The number of anilines is 1. The summed E-state index contributed by atoms with van der Waals surface area (Å²) in [5.41, 5.74) is 4.78. The summed E-state index contributed by atoms with van der Waals surface area (Å²) in [6.45, 7) is 0. The van der Waals surface area contributed by atoms with Gasteiger partial charge in [-0.3, -0.25) is 10.1 Å². The van der Waals surface area contributed by atoms with E-state index in [1.54, 1.807) is 0 Å². The van der Waals surface area contributed by atoms with Crippen LogP contribution in [0.15, 0.2) is 18.2 Å². The number of thiocarbonyl (C=S) groups is 1. The van der Waals surface area contributed by atoms with Gasteiger partial charge in [0, 0.05) is 6.07 Å². The molecule has 0 aliphatic rings. The Labute approximate surface area is 84.5 Å². The molecule has 7 heteroatoms. The molecular weight excluding hydrogens is 206 g/mol. The zero-order valence-electron chi connectivity index (χ0n) is 6.93. The lowest BCUT2D eigenvalue weighted by Gasteiger charge is -2.06. The Morgan fingerprint density at radius 2 is 2.29 bits per heavy atom. The number of nitrogens with two attached hydrogens (primary N) is 1. The molecule has 0 atom stereocenters. The first kappa shape index (κ1) is 10.2. The van der Waals surface area contributed by atoms with Crippen molar-refractivity contribution in [3.8, 4) is 5.75 Å². The van der Waals surface area contributed by atoms with E-state index in [1.807, 2.05) is 0 Å². The molecule has 0 spiro atoms. The summed E-state index contributed by atoms with van der Waals surface area (Å²) in [6, 6.07) is 3.89. The fraction of sp³-hybridized carbons (Fsp3) is 0. The molecule has 0 unspecified atom stereocenters. The van der Waals surface area contributed by atoms with Gasteiger partial charge in [-0.25, -0.2) is 0 Å². The fourth-order valence-corrected chi connectivity index (χ4v) is 1.03. The van der Waals surface area contributed by atoms with Gasteiger partial charge in [0.05, 0.1) is 4.92 Å². The van der Waals surface area contributed by atoms with E-state index >= 15 is 0 Å². The molecule has 0 fully saturated rings. The highest BCUT2D eigenvalue weighted by atomic mass is 32.1. The number of rotatable bonds is 2. The van der Waals surface area contributed by atoms with E-state index in [1.165, 1.54) is 18.2 Å². The Morgan fingerprint density at radius 1 is 1.64 bits per heavy atom. The van der Waals surface area contributed by atoms with E-state index < -0.39 is 4.92 Å². The standard InChI is InChI=1S/C7H7N3O3S/c8-7(14)9-6-4(10(12)13)2-1-3-5(6)11/h1-3,11H,(H3,8,9,14). The van der Waals surface area contributed by atoms with Crippen LogP contribution in [0.5, 0.6) is 5.75 Å². The maximum Gasteiger partial charge on any atom is 0.296 e. The summed E-state index contributed by atoms with van der Waals surface area (Å²) in [7, 11) is 0. The minimum atomic E-state index is -0.639. The number of para-hydroxylation sites is 1. The molecule has 0 heterocycles. The first-order valence-corrected chi connectivity index (χ1v) is 3.96. The normalized spacial score (nSPS) is 9.43. The van der Waals surface area contributed by atoms with Crippen molar-refractivity contribution in [2.75, 3.05) is 5.32 Å². The predicted molar refractivity (Wildman–Crippen MR) is 55.2 cm³/mol. The molecule has 0 aromatic heterocycles. The second kappa shape index (κ2) is 3.88. The molecular formula is C7H7N3O3S. The van der Waals surface area contributed by atoms with Gasteiger partial charge in [0.2, 0.25) is 0 Å². The highest BCUT2D eigenvalue weighted by molar-refractivity contribution is 7.80. The molecule has 74 valence electrons. The van der Waals surface area contributed by atoms with Crippen LogP contribution in [-0.2, 0) is 0 Å². The van der Waals surface area contributed by atoms with Gasteiger partial charge in [0.25, 0.3) is 5.69 Å². The number of nitrogens with zero attached hydrogens (tertiary/aromatic N) is 1. The van der Waals surface area contributed by atoms with Gasteiger partial charge >= 0.3 is 0 Å². The lowest BCUT2D eigenvalue weighted by Crippen LogP contribution is -2.19. The molecule has 0 saturated carbocycles. The molecule has 1 rings (SSSR count). The summed E-state index contributed by atoms with van der Waals surface area (Å²) >= 11 is 4.52. The Kier molecular flexibility index (Phi) is 2.82. The summed E-state index contributed by atoms with van der Waals surface area (Å²) in [6.07, 6.45) is 0. The maximum atomic E-state index is 10.5. The fourth-order valence-electron chi connectivity index (χ4n) is 0.932. The summed E-state index contributed by atoms with van der Waals surface area (Å²) < 4.78 is 0. The van der Waals surface area contributed by atoms with Crippen molar-refractivity contribution in [1.29, 1.82) is 0 Å². The average molecular weight is 213 g/mol. The topological polar surface area (TPSA) is 101 Å². The van der Waals surface area contributed by atoms with Crippen molar-refractivity contribution in [2.24, 2.45) is 5.73 Å². The number of hydrogen-bond acceptors (Lipinski definition) is 4. The van der Waals surface area contributed by atoms with Gasteiger partial charge in [-0.1, -0.05) is 6.07 Å². The minimum absolute atomic E-state index is 0.0926. The van der Waals surface area contributed by atoms with Crippen LogP contribution in [0.2, 0.25) is 0 Å². The van der Waals surface area contributed by atoms with Crippen molar-refractivity contribution in [2.45, 2.75) is 0 Å². The van der Waals surface area contributed by atoms with Crippen LogP contribution in [0, 0.1) is 10.1 Å². The zero-order valence-corrected chi connectivity index (χ0v) is 7.75. The van der Waals surface area contributed by atoms with Crippen LogP contribution in [0.1, 0.15) is 0 Å². The predicted octanol–water partition coefficient (Wildman–Crippen LogP) is 0.956. The van der Waals surface area contributed by atoms with Crippen molar-refractivity contribution in [1.82, 2.24) is 0 Å². The van der Waals surface area contributed by atoms with Crippen LogP contribution in [0.25, 0.3) is 0 Å². The molecule has 0 aliphatic heterocycles. The Morgan fingerprint density at radius 3 is 2.79 bits per heavy atom. The highest BCUT2D eigenvalue weighted by Gasteiger charge is 2.17. The molecule has 0 bridgehead atoms. The van der Waals surface area contributed by atoms with Crippen LogP contribution in [-0.4, -0.2) is 15.1 Å². The van der Waals surface area contributed by atoms with Gasteiger partial charge in [-0.15, -0.1) is 0 Å². The molecule has 0 amide bonds. The minimum Gasteiger partial charge on any atom is -0.505 e. The zero-order chi connectivity index (χ0) is 10.7. The van der Waals surface area contributed by atoms with Gasteiger partial charge in [-0.05, 0) is 18.3 Å². The van der Waals surface area contributed by atoms with Crippen molar-refractivity contribution in [3.63, 3.8) is 0 Å². The first-order chi connectivity index (χ1) is 6.52. The molecule has 0 saturated heterocycles. The number of phenols is 1. The molecule has 0 radical (unpaired) electrons.